The molecule has 0 bridgehead atoms. The van der Waals surface area contributed by atoms with Gasteiger partial charge in [-0.05, 0) is 31.0 Å². The van der Waals surface area contributed by atoms with E-state index in [0.29, 0.717) is 0 Å². The van der Waals surface area contributed by atoms with Gasteiger partial charge in [-0.1, -0.05) is 12.1 Å². The number of hydrogen-bond donors (Lipinski definition) is 3. The highest BCUT2D eigenvalue weighted by Crippen LogP contribution is 2.33. The van der Waals surface area contributed by atoms with Crippen molar-refractivity contribution in [3.05, 3.63) is 42.1 Å². The summed E-state index contributed by atoms with van der Waals surface area (Å²) in [5.41, 5.74) is 2.76. The Kier molecular flexibility index (Phi) is 6.34. The van der Waals surface area contributed by atoms with E-state index in [1.165, 1.54) is 39.5 Å². The molecule has 160 valence electrons. The molecule has 3 N–H and O–H groups in total. The zero-order chi connectivity index (χ0) is 21.9. The average Bonchev–Trinajstić information content (AvgIpc) is 3.54. The number of carbonyl (C=O) groups excluding carboxylic acids is 2. The molecular formula is C19H23N5O5S. The summed E-state index contributed by atoms with van der Waals surface area (Å²) in [4.78, 5) is 33.7. The normalized spacial score (nSPS) is 13.7. The van der Waals surface area contributed by atoms with Gasteiger partial charge in [-0.2, -0.15) is 0 Å². The van der Waals surface area contributed by atoms with Crippen LogP contribution in [0.3, 0.4) is 0 Å². The number of hydrogen-bond acceptors (Lipinski definition) is 7. The minimum Gasteiger partial charge on any atom is -0.354 e. The molecule has 0 saturated heterocycles. The molecule has 30 heavy (non-hydrogen) atoms. The van der Waals surface area contributed by atoms with E-state index in [9.17, 15) is 18.0 Å². The third-order valence-corrected chi connectivity index (χ3v) is 6.35. The Balaban J connectivity index is 2.04. The molecule has 11 heteroatoms. The van der Waals surface area contributed by atoms with Gasteiger partial charge in [0.1, 0.15) is 16.3 Å². The molecule has 1 aliphatic carbocycles. The second kappa shape index (κ2) is 8.78. The van der Waals surface area contributed by atoms with Crippen molar-refractivity contribution in [1.82, 2.24) is 14.8 Å². The van der Waals surface area contributed by atoms with Crippen LogP contribution in [-0.4, -0.2) is 50.7 Å². The molecule has 0 unspecified atom stereocenters. The summed E-state index contributed by atoms with van der Waals surface area (Å²) < 4.78 is 26.4. The molecule has 2 amide bonds. The first kappa shape index (κ1) is 21.7. The van der Waals surface area contributed by atoms with Crippen LogP contribution < -0.4 is 16.1 Å². The van der Waals surface area contributed by atoms with E-state index in [2.05, 4.69) is 21.1 Å². The first-order chi connectivity index (χ1) is 14.3. The summed E-state index contributed by atoms with van der Waals surface area (Å²) in [6.07, 6.45) is 3.00. The van der Waals surface area contributed by atoms with E-state index in [4.69, 9.17) is 4.84 Å². The Morgan fingerprint density at radius 1 is 1.13 bits per heavy atom. The smallest absolute Gasteiger partial charge is 0.280 e. The number of sulfonamides is 1. The third-order valence-electron chi connectivity index (χ3n) is 4.48. The molecule has 1 fully saturated rings. The SMILES string of the molecule is CONC(=O)c1c(Nc2ccccc2S(=O)(=O)N(C)C)ccnc1NC(=O)C1CC1. The van der Waals surface area contributed by atoms with E-state index in [-0.39, 0.29) is 39.5 Å². The van der Waals surface area contributed by atoms with Crippen molar-refractivity contribution >= 4 is 39.0 Å². The second-order valence-electron chi connectivity index (χ2n) is 6.89. The maximum Gasteiger partial charge on any atom is 0.280 e. The van der Waals surface area contributed by atoms with Crippen molar-refractivity contribution < 1.29 is 22.8 Å². The van der Waals surface area contributed by atoms with Crippen LogP contribution in [0.2, 0.25) is 0 Å². The molecule has 1 aromatic carbocycles. The van der Waals surface area contributed by atoms with Gasteiger partial charge < -0.3 is 10.6 Å². The van der Waals surface area contributed by atoms with E-state index in [1.54, 1.807) is 18.2 Å². The quantitative estimate of drug-likeness (QED) is 0.541. The van der Waals surface area contributed by atoms with Crippen molar-refractivity contribution in [3.63, 3.8) is 0 Å². The van der Waals surface area contributed by atoms with Gasteiger partial charge in [0.05, 0.1) is 18.5 Å². The van der Waals surface area contributed by atoms with E-state index < -0.39 is 15.9 Å². The summed E-state index contributed by atoms with van der Waals surface area (Å²) in [6.45, 7) is 0. The molecule has 0 atom stereocenters. The molecule has 0 radical (unpaired) electrons. The maximum atomic E-state index is 12.7. The molecular weight excluding hydrogens is 410 g/mol. The molecule has 10 nitrogen and oxygen atoms in total. The zero-order valence-corrected chi connectivity index (χ0v) is 17.6. The lowest BCUT2D eigenvalue weighted by atomic mass is 10.1. The number of hydroxylamine groups is 1. The first-order valence-corrected chi connectivity index (χ1v) is 10.6. The van der Waals surface area contributed by atoms with Gasteiger partial charge in [-0.15, -0.1) is 0 Å². The van der Waals surface area contributed by atoms with Gasteiger partial charge in [0, 0.05) is 26.2 Å². The highest BCUT2D eigenvalue weighted by Gasteiger charge is 2.31. The van der Waals surface area contributed by atoms with E-state index >= 15 is 0 Å². The number of aromatic nitrogens is 1. The van der Waals surface area contributed by atoms with Crippen molar-refractivity contribution in [2.75, 3.05) is 31.8 Å². The van der Waals surface area contributed by atoms with Crippen LogP contribution in [0.4, 0.5) is 17.2 Å². The molecule has 1 aromatic heterocycles. The third kappa shape index (κ3) is 4.58. The molecule has 2 aromatic rings. The van der Waals surface area contributed by atoms with Crippen LogP contribution in [0.1, 0.15) is 23.2 Å². The first-order valence-electron chi connectivity index (χ1n) is 9.17. The minimum absolute atomic E-state index is 0.0189. The number of nitrogens with one attached hydrogen (secondary N) is 3. The van der Waals surface area contributed by atoms with Gasteiger partial charge in [-0.25, -0.2) is 23.2 Å². The molecule has 1 aliphatic rings. The average molecular weight is 433 g/mol. The lowest BCUT2D eigenvalue weighted by Gasteiger charge is -2.18. The van der Waals surface area contributed by atoms with Crippen LogP contribution in [0.5, 0.6) is 0 Å². The Hall–Kier alpha value is -3.02. The highest BCUT2D eigenvalue weighted by atomic mass is 32.2. The fourth-order valence-corrected chi connectivity index (χ4v) is 3.78. The second-order valence-corrected chi connectivity index (χ2v) is 9.01. The minimum atomic E-state index is -3.74. The van der Waals surface area contributed by atoms with Crippen molar-refractivity contribution in [3.8, 4) is 0 Å². The molecule has 3 rings (SSSR count). The monoisotopic (exact) mass is 433 g/mol. The lowest BCUT2D eigenvalue weighted by molar-refractivity contribution is -0.117. The predicted octanol–water partition coefficient (Wildman–Crippen LogP) is 1.72. The van der Waals surface area contributed by atoms with Gasteiger partial charge >= 0.3 is 0 Å². The number of para-hydroxylation sites is 1. The van der Waals surface area contributed by atoms with Gasteiger partial charge in [0.15, 0.2) is 0 Å². The van der Waals surface area contributed by atoms with Crippen LogP contribution in [0, 0.1) is 5.92 Å². The number of pyridine rings is 1. The number of benzene rings is 1. The summed E-state index contributed by atoms with van der Waals surface area (Å²) in [6, 6.07) is 7.83. The summed E-state index contributed by atoms with van der Waals surface area (Å²) in [5.74, 6) is -0.902. The predicted molar refractivity (Wildman–Crippen MR) is 111 cm³/mol. The van der Waals surface area contributed by atoms with E-state index in [1.807, 2.05) is 0 Å². The highest BCUT2D eigenvalue weighted by molar-refractivity contribution is 7.89. The standard InChI is InChI=1S/C19H23N5O5S/c1-24(2)30(27,28)15-7-5-4-6-13(15)21-14-10-11-20-17(16(14)19(26)23-29-3)22-18(25)12-8-9-12/h4-7,10-12H,8-9H2,1-3H3,(H,23,26)(H2,20,21,22,25). The van der Waals surface area contributed by atoms with E-state index in [0.717, 1.165) is 17.1 Å². The van der Waals surface area contributed by atoms with Crippen molar-refractivity contribution in [2.24, 2.45) is 5.92 Å². The lowest BCUT2D eigenvalue weighted by Crippen LogP contribution is -2.26. The van der Waals surface area contributed by atoms with Crippen molar-refractivity contribution in [2.45, 2.75) is 17.7 Å². The van der Waals surface area contributed by atoms with Gasteiger partial charge in [-0.3, -0.25) is 14.4 Å². The summed E-state index contributed by atoms with van der Waals surface area (Å²) >= 11 is 0. The molecule has 1 saturated carbocycles. The molecule has 0 spiro atoms. The summed E-state index contributed by atoms with van der Waals surface area (Å²) in [5, 5.41) is 5.65. The van der Waals surface area contributed by atoms with Gasteiger partial charge in [0.25, 0.3) is 5.91 Å². The Bertz CT molecular complexity index is 1070. The largest absolute Gasteiger partial charge is 0.354 e. The van der Waals surface area contributed by atoms with Crippen LogP contribution in [-0.2, 0) is 19.7 Å². The number of anilines is 3. The van der Waals surface area contributed by atoms with Crippen LogP contribution in [0.25, 0.3) is 0 Å². The fraction of sp³-hybridized carbons (Fsp3) is 0.316. The maximum absolute atomic E-state index is 12.7. The Morgan fingerprint density at radius 2 is 1.83 bits per heavy atom. The Morgan fingerprint density at radius 3 is 2.47 bits per heavy atom. The summed E-state index contributed by atoms with van der Waals surface area (Å²) in [7, 11) is 0.402. The van der Waals surface area contributed by atoms with Crippen LogP contribution >= 0.6 is 0 Å². The number of nitrogens with zero attached hydrogens (tertiary/aromatic N) is 2. The molecule has 1 heterocycles. The Labute approximate surface area is 174 Å². The number of carbonyl (C=O) groups is 2. The van der Waals surface area contributed by atoms with Crippen LogP contribution in [0.15, 0.2) is 41.4 Å². The topological polar surface area (TPSA) is 130 Å². The van der Waals surface area contributed by atoms with Crippen molar-refractivity contribution in [1.29, 1.82) is 0 Å². The fourth-order valence-electron chi connectivity index (χ4n) is 2.74. The number of amides is 2. The van der Waals surface area contributed by atoms with Gasteiger partial charge in [0.2, 0.25) is 15.9 Å². The molecule has 0 aliphatic heterocycles. The number of rotatable bonds is 8. The zero-order valence-electron chi connectivity index (χ0n) is 16.8.